The van der Waals surface area contributed by atoms with Gasteiger partial charge in [0.2, 0.25) is 0 Å². The van der Waals surface area contributed by atoms with Crippen LogP contribution in [0.5, 0.6) is 11.5 Å². The highest BCUT2D eigenvalue weighted by Crippen LogP contribution is 2.35. The summed E-state index contributed by atoms with van der Waals surface area (Å²) in [6.45, 7) is 6.33. The molecule has 8 nitrogen and oxygen atoms in total. The second-order valence-corrected chi connectivity index (χ2v) is 9.33. The van der Waals surface area contributed by atoms with Gasteiger partial charge in [0.1, 0.15) is 10.9 Å². The Bertz CT molecular complexity index is 1260. The lowest BCUT2D eigenvalue weighted by Gasteiger charge is -2.18. The van der Waals surface area contributed by atoms with Gasteiger partial charge in [0.05, 0.1) is 31.6 Å². The standard InChI is InChI=1S/C24H28N4O4S/c1-5-32-18-9-7-16(11-19(18)31-4)12-26-27-22(29)15(3)28-13-25-23-21(24(28)30)17-8-6-14(2)10-20(17)33-23/h7,9,11-15H,5-6,8,10H2,1-4H3,(H,27,29)/b26-12-/t14-,15+/m1/s1. The molecule has 0 fully saturated rings. The predicted octanol–water partition coefficient (Wildman–Crippen LogP) is 3.70. The van der Waals surface area contributed by atoms with Gasteiger partial charge < -0.3 is 9.47 Å². The van der Waals surface area contributed by atoms with E-state index in [2.05, 4.69) is 22.4 Å². The maximum absolute atomic E-state index is 13.2. The number of nitrogens with zero attached hydrogens (tertiary/aromatic N) is 3. The van der Waals surface area contributed by atoms with Crippen molar-refractivity contribution >= 4 is 33.7 Å². The van der Waals surface area contributed by atoms with Crippen molar-refractivity contribution in [3.8, 4) is 11.5 Å². The summed E-state index contributed by atoms with van der Waals surface area (Å²) in [6.07, 6.45) is 5.91. The molecule has 2 atom stereocenters. The number of carbonyl (C=O) groups is 1. The molecule has 0 saturated heterocycles. The van der Waals surface area contributed by atoms with Gasteiger partial charge in [-0.05, 0) is 68.4 Å². The van der Waals surface area contributed by atoms with Gasteiger partial charge in [-0.1, -0.05) is 6.92 Å². The monoisotopic (exact) mass is 468 g/mol. The fourth-order valence-electron chi connectivity index (χ4n) is 4.05. The Hall–Kier alpha value is -3.20. The topological polar surface area (TPSA) is 94.8 Å². The van der Waals surface area contributed by atoms with E-state index in [4.69, 9.17) is 9.47 Å². The van der Waals surface area contributed by atoms with Crippen LogP contribution in [0.2, 0.25) is 0 Å². The fourth-order valence-corrected chi connectivity index (χ4v) is 5.39. The van der Waals surface area contributed by atoms with Crippen molar-refractivity contribution in [2.24, 2.45) is 11.0 Å². The molecule has 1 amide bonds. The molecule has 0 bridgehead atoms. The molecule has 0 radical (unpaired) electrons. The SMILES string of the molecule is CCOc1ccc(/C=N\NC(=O)[C@H](C)n2cnc3sc4c(c3c2=O)CC[C@@H](C)C4)cc1OC. The molecule has 4 rings (SSSR count). The molecule has 1 aromatic carbocycles. The second kappa shape index (κ2) is 9.74. The van der Waals surface area contributed by atoms with Crippen molar-refractivity contribution < 1.29 is 14.3 Å². The number of benzene rings is 1. The van der Waals surface area contributed by atoms with Crippen LogP contribution in [0.1, 0.15) is 49.2 Å². The van der Waals surface area contributed by atoms with E-state index >= 15 is 0 Å². The number of ether oxygens (including phenoxy) is 2. The zero-order chi connectivity index (χ0) is 23.5. The maximum Gasteiger partial charge on any atom is 0.263 e. The Labute approximate surface area is 196 Å². The molecule has 1 N–H and O–H groups in total. The third kappa shape index (κ3) is 4.64. The zero-order valence-electron chi connectivity index (χ0n) is 19.3. The van der Waals surface area contributed by atoms with Crippen LogP contribution in [0.25, 0.3) is 10.2 Å². The molecular formula is C24H28N4O4S. The number of thiophene rings is 1. The molecule has 174 valence electrons. The van der Waals surface area contributed by atoms with Crippen LogP contribution in [0.3, 0.4) is 0 Å². The minimum absolute atomic E-state index is 0.171. The van der Waals surface area contributed by atoms with Crippen molar-refractivity contribution in [3.05, 3.63) is 50.9 Å². The summed E-state index contributed by atoms with van der Waals surface area (Å²) >= 11 is 1.60. The van der Waals surface area contributed by atoms with Gasteiger partial charge in [-0.2, -0.15) is 5.10 Å². The summed E-state index contributed by atoms with van der Waals surface area (Å²) in [7, 11) is 1.57. The maximum atomic E-state index is 13.2. The molecule has 2 aromatic heterocycles. The van der Waals surface area contributed by atoms with Gasteiger partial charge in [0.25, 0.3) is 11.5 Å². The Morgan fingerprint density at radius 2 is 2.24 bits per heavy atom. The van der Waals surface area contributed by atoms with Crippen LogP contribution in [-0.4, -0.2) is 35.4 Å². The second-order valence-electron chi connectivity index (χ2n) is 8.24. The van der Waals surface area contributed by atoms with Crippen molar-refractivity contribution in [2.75, 3.05) is 13.7 Å². The molecule has 1 aliphatic rings. The summed E-state index contributed by atoms with van der Waals surface area (Å²) in [5.41, 5.74) is 4.19. The Morgan fingerprint density at radius 3 is 3.00 bits per heavy atom. The lowest BCUT2D eigenvalue weighted by molar-refractivity contribution is -0.123. The first-order chi connectivity index (χ1) is 15.9. The molecule has 0 unspecified atom stereocenters. The first-order valence-corrected chi connectivity index (χ1v) is 11.9. The summed E-state index contributed by atoms with van der Waals surface area (Å²) in [5, 5.41) is 4.71. The Balaban J connectivity index is 1.50. The number of fused-ring (bicyclic) bond motifs is 3. The number of hydrogen-bond donors (Lipinski definition) is 1. The van der Waals surface area contributed by atoms with Gasteiger partial charge in [-0.25, -0.2) is 10.4 Å². The third-order valence-electron chi connectivity index (χ3n) is 5.91. The van der Waals surface area contributed by atoms with E-state index in [1.54, 1.807) is 37.5 Å². The Morgan fingerprint density at radius 1 is 1.42 bits per heavy atom. The largest absolute Gasteiger partial charge is 0.493 e. The number of aromatic nitrogens is 2. The highest BCUT2D eigenvalue weighted by atomic mass is 32.1. The molecule has 3 aromatic rings. The minimum atomic E-state index is -0.750. The number of nitrogens with one attached hydrogen (secondary N) is 1. The average molecular weight is 469 g/mol. The lowest BCUT2D eigenvalue weighted by atomic mass is 9.89. The summed E-state index contributed by atoms with van der Waals surface area (Å²) in [6, 6.07) is 4.62. The van der Waals surface area contributed by atoms with Gasteiger partial charge in [0, 0.05) is 4.88 Å². The number of amides is 1. The number of hydrazone groups is 1. The van der Waals surface area contributed by atoms with E-state index in [0.717, 1.165) is 35.2 Å². The lowest BCUT2D eigenvalue weighted by Crippen LogP contribution is -2.34. The smallest absolute Gasteiger partial charge is 0.263 e. The van der Waals surface area contributed by atoms with Crippen molar-refractivity contribution in [1.82, 2.24) is 15.0 Å². The number of rotatable bonds is 7. The van der Waals surface area contributed by atoms with Crippen LogP contribution in [-0.2, 0) is 17.6 Å². The molecule has 0 aliphatic heterocycles. The fraction of sp³-hybridized carbons (Fsp3) is 0.417. The van der Waals surface area contributed by atoms with Gasteiger partial charge in [-0.3, -0.25) is 14.2 Å². The molecule has 33 heavy (non-hydrogen) atoms. The number of hydrogen-bond acceptors (Lipinski definition) is 7. The molecular weight excluding hydrogens is 440 g/mol. The van der Waals surface area contributed by atoms with Crippen LogP contribution in [0, 0.1) is 5.92 Å². The zero-order valence-corrected chi connectivity index (χ0v) is 20.1. The number of methoxy groups -OCH3 is 1. The van der Waals surface area contributed by atoms with Crippen molar-refractivity contribution in [1.29, 1.82) is 0 Å². The summed E-state index contributed by atoms with van der Waals surface area (Å²) in [4.78, 5) is 32.4. The van der Waals surface area contributed by atoms with E-state index in [-0.39, 0.29) is 5.56 Å². The van der Waals surface area contributed by atoms with E-state index in [1.807, 2.05) is 13.0 Å². The first-order valence-electron chi connectivity index (χ1n) is 11.1. The molecule has 2 heterocycles. The van der Waals surface area contributed by atoms with E-state index in [9.17, 15) is 9.59 Å². The van der Waals surface area contributed by atoms with E-state index < -0.39 is 11.9 Å². The van der Waals surface area contributed by atoms with Gasteiger partial charge >= 0.3 is 0 Å². The number of aryl methyl sites for hydroxylation is 1. The van der Waals surface area contributed by atoms with Crippen molar-refractivity contribution in [2.45, 2.75) is 46.1 Å². The van der Waals surface area contributed by atoms with Crippen LogP contribution in [0.4, 0.5) is 0 Å². The van der Waals surface area contributed by atoms with E-state index in [0.29, 0.717) is 29.4 Å². The van der Waals surface area contributed by atoms with Crippen LogP contribution >= 0.6 is 11.3 Å². The van der Waals surface area contributed by atoms with E-state index in [1.165, 1.54) is 22.0 Å². The van der Waals surface area contributed by atoms with Gasteiger partial charge in [0.15, 0.2) is 11.5 Å². The predicted molar refractivity (Wildman–Crippen MR) is 130 cm³/mol. The van der Waals surface area contributed by atoms with Gasteiger partial charge in [-0.15, -0.1) is 11.3 Å². The average Bonchev–Trinajstić information content (AvgIpc) is 3.18. The Kier molecular flexibility index (Phi) is 6.78. The quantitative estimate of drug-likeness (QED) is 0.421. The first kappa shape index (κ1) is 23.0. The van der Waals surface area contributed by atoms with Crippen LogP contribution in [0.15, 0.2) is 34.4 Å². The van der Waals surface area contributed by atoms with Crippen molar-refractivity contribution in [3.63, 3.8) is 0 Å². The molecule has 9 heteroatoms. The highest BCUT2D eigenvalue weighted by molar-refractivity contribution is 7.18. The minimum Gasteiger partial charge on any atom is -0.493 e. The summed E-state index contributed by atoms with van der Waals surface area (Å²) in [5.74, 6) is 1.44. The summed E-state index contributed by atoms with van der Waals surface area (Å²) < 4.78 is 12.2. The number of carbonyl (C=O) groups excluding carboxylic acids is 1. The normalized spacial score (nSPS) is 16.5. The molecule has 0 saturated carbocycles. The third-order valence-corrected chi connectivity index (χ3v) is 7.08. The molecule has 0 spiro atoms. The van der Waals surface area contributed by atoms with Crippen LogP contribution < -0.4 is 20.5 Å². The highest BCUT2D eigenvalue weighted by Gasteiger charge is 2.25. The molecule has 1 aliphatic carbocycles.